The van der Waals surface area contributed by atoms with Crippen molar-refractivity contribution in [2.75, 3.05) is 6.54 Å². The van der Waals surface area contributed by atoms with E-state index in [4.69, 9.17) is 5.14 Å². The van der Waals surface area contributed by atoms with Gasteiger partial charge in [0.1, 0.15) is 11.4 Å². The normalized spacial score (nSPS) is 11.3. The number of nitrogens with zero attached hydrogens (tertiary/aromatic N) is 1. The highest BCUT2D eigenvalue weighted by atomic mass is 32.2. The van der Waals surface area contributed by atoms with E-state index in [9.17, 15) is 18.3 Å². The van der Waals surface area contributed by atoms with Crippen molar-refractivity contribution in [2.24, 2.45) is 5.14 Å². The van der Waals surface area contributed by atoms with Gasteiger partial charge in [-0.15, -0.1) is 0 Å². The molecule has 0 fully saturated rings. The highest BCUT2D eigenvalue weighted by molar-refractivity contribution is 7.89. The van der Waals surface area contributed by atoms with Crippen molar-refractivity contribution < 1.29 is 18.3 Å². The lowest BCUT2D eigenvalue weighted by molar-refractivity contribution is 0.0949. The molecule has 0 saturated carbocycles. The Bertz CT molecular complexity index is 1060. The highest BCUT2D eigenvalue weighted by Crippen LogP contribution is 2.27. The summed E-state index contributed by atoms with van der Waals surface area (Å²) in [5.41, 5.74) is 2.14. The molecule has 1 heterocycles. The SMILES string of the molecule is NS(=O)(=O)c1ccc(CCNC(=O)c2cc(-c3ccccc3O)n[nH]2)cc1. The van der Waals surface area contributed by atoms with Crippen LogP contribution in [0.5, 0.6) is 5.75 Å². The molecule has 1 amide bonds. The fraction of sp³-hybridized carbons (Fsp3) is 0.111. The Balaban J connectivity index is 1.58. The van der Waals surface area contributed by atoms with Crippen LogP contribution in [0.4, 0.5) is 0 Å². The number of aromatic nitrogens is 2. The predicted molar refractivity (Wildman–Crippen MR) is 99.5 cm³/mol. The molecule has 3 rings (SSSR count). The number of phenolic OH excluding ortho intramolecular Hbond substituents is 1. The zero-order chi connectivity index (χ0) is 19.4. The number of carbonyl (C=O) groups is 1. The maximum atomic E-state index is 12.2. The molecule has 0 aliphatic carbocycles. The van der Waals surface area contributed by atoms with Crippen molar-refractivity contribution in [3.8, 4) is 17.0 Å². The molecule has 0 unspecified atom stereocenters. The molecule has 9 heteroatoms. The van der Waals surface area contributed by atoms with Crippen LogP contribution in [-0.2, 0) is 16.4 Å². The standard InChI is InChI=1S/C18H18N4O4S/c19-27(25,26)13-7-5-12(6-8-13)9-10-20-18(24)16-11-15(21-22-16)14-3-1-2-4-17(14)23/h1-8,11,23H,9-10H2,(H,20,24)(H,21,22)(H2,19,25,26). The average molecular weight is 386 g/mol. The van der Waals surface area contributed by atoms with Crippen molar-refractivity contribution in [3.05, 3.63) is 65.9 Å². The highest BCUT2D eigenvalue weighted by Gasteiger charge is 2.13. The summed E-state index contributed by atoms with van der Waals surface area (Å²) in [5, 5.41) is 24.4. The number of nitrogens with two attached hydrogens (primary N) is 1. The molecule has 0 aliphatic heterocycles. The summed E-state index contributed by atoms with van der Waals surface area (Å²) in [6.45, 7) is 0.360. The lowest BCUT2D eigenvalue weighted by Gasteiger charge is -2.05. The van der Waals surface area contributed by atoms with E-state index in [0.717, 1.165) is 5.56 Å². The lowest BCUT2D eigenvalue weighted by atomic mass is 10.1. The lowest BCUT2D eigenvalue weighted by Crippen LogP contribution is -2.26. The summed E-state index contributed by atoms with van der Waals surface area (Å²) in [5.74, 6) is -0.246. The minimum Gasteiger partial charge on any atom is -0.507 e. The summed E-state index contributed by atoms with van der Waals surface area (Å²) in [7, 11) is -3.71. The first-order valence-corrected chi connectivity index (χ1v) is 9.63. The third-order valence-corrected chi connectivity index (χ3v) is 4.88. The van der Waals surface area contributed by atoms with Crippen molar-refractivity contribution in [1.82, 2.24) is 15.5 Å². The largest absolute Gasteiger partial charge is 0.507 e. The van der Waals surface area contributed by atoms with E-state index < -0.39 is 10.0 Å². The molecular weight excluding hydrogens is 368 g/mol. The van der Waals surface area contributed by atoms with Gasteiger partial charge in [-0.1, -0.05) is 24.3 Å². The van der Waals surface area contributed by atoms with Gasteiger partial charge in [0.25, 0.3) is 5.91 Å². The zero-order valence-electron chi connectivity index (χ0n) is 14.2. The van der Waals surface area contributed by atoms with Crippen molar-refractivity contribution >= 4 is 15.9 Å². The number of hydrogen-bond donors (Lipinski definition) is 4. The molecule has 0 atom stereocenters. The Morgan fingerprint density at radius 1 is 1.15 bits per heavy atom. The maximum Gasteiger partial charge on any atom is 0.269 e. The average Bonchev–Trinajstić information content (AvgIpc) is 3.12. The second kappa shape index (κ2) is 7.60. The quantitative estimate of drug-likeness (QED) is 0.507. The first kappa shape index (κ1) is 18.6. The van der Waals surface area contributed by atoms with E-state index >= 15 is 0 Å². The van der Waals surface area contributed by atoms with Crippen LogP contribution in [0.25, 0.3) is 11.3 Å². The molecule has 2 aromatic carbocycles. The summed E-state index contributed by atoms with van der Waals surface area (Å²) in [6.07, 6.45) is 0.525. The van der Waals surface area contributed by atoms with E-state index in [-0.39, 0.29) is 22.2 Å². The van der Waals surface area contributed by atoms with E-state index in [1.54, 1.807) is 42.5 Å². The third-order valence-electron chi connectivity index (χ3n) is 3.95. The smallest absolute Gasteiger partial charge is 0.269 e. The van der Waals surface area contributed by atoms with Crippen LogP contribution in [0, 0.1) is 0 Å². The van der Waals surface area contributed by atoms with Crippen LogP contribution >= 0.6 is 0 Å². The third kappa shape index (κ3) is 4.52. The van der Waals surface area contributed by atoms with Crippen LogP contribution in [0.2, 0.25) is 0 Å². The first-order chi connectivity index (χ1) is 12.8. The first-order valence-electron chi connectivity index (χ1n) is 8.08. The molecule has 27 heavy (non-hydrogen) atoms. The Morgan fingerprint density at radius 3 is 2.52 bits per heavy atom. The Hall–Kier alpha value is -3.17. The number of phenols is 1. The fourth-order valence-electron chi connectivity index (χ4n) is 2.53. The summed E-state index contributed by atoms with van der Waals surface area (Å²) < 4.78 is 22.5. The van der Waals surface area contributed by atoms with Crippen LogP contribution < -0.4 is 10.5 Å². The van der Waals surface area contributed by atoms with Gasteiger partial charge in [-0.25, -0.2) is 13.6 Å². The number of aromatic hydroxyl groups is 1. The van der Waals surface area contributed by atoms with Crippen LogP contribution in [-0.4, -0.2) is 36.2 Å². The molecule has 5 N–H and O–H groups in total. The molecule has 0 radical (unpaired) electrons. The number of rotatable bonds is 6. The number of para-hydroxylation sites is 1. The number of primary sulfonamides is 1. The summed E-state index contributed by atoms with van der Waals surface area (Å²) in [4.78, 5) is 12.3. The maximum absolute atomic E-state index is 12.2. The Morgan fingerprint density at radius 2 is 1.85 bits per heavy atom. The molecule has 1 aromatic heterocycles. The number of sulfonamides is 1. The van der Waals surface area contributed by atoms with Gasteiger partial charge in [0.05, 0.1) is 10.6 Å². The van der Waals surface area contributed by atoms with Gasteiger partial charge in [0.15, 0.2) is 0 Å². The van der Waals surface area contributed by atoms with Gasteiger partial charge in [-0.3, -0.25) is 9.89 Å². The predicted octanol–water partition coefficient (Wildman–Crippen LogP) is 1.40. The van der Waals surface area contributed by atoms with Gasteiger partial charge in [-0.2, -0.15) is 5.10 Å². The number of aromatic amines is 1. The number of carbonyl (C=O) groups excluding carboxylic acids is 1. The number of H-pyrrole nitrogens is 1. The number of nitrogens with one attached hydrogen (secondary N) is 2. The van der Waals surface area contributed by atoms with Gasteiger partial charge in [0.2, 0.25) is 10.0 Å². The van der Waals surface area contributed by atoms with Crippen molar-refractivity contribution in [3.63, 3.8) is 0 Å². The van der Waals surface area contributed by atoms with Crippen LogP contribution in [0.1, 0.15) is 16.1 Å². The number of amides is 1. The number of hydrogen-bond acceptors (Lipinski definition) is 5. The minimum atomic E-state index is -3.71. The molecule has 0 aliphatic rings. The second-order valence-electron chi connectivity index (χ2n) is 5.88. The fourth-order valence-corrected chi connectivity index (χ4v) is 3.04. The van der Waals surface area contributed by atoms with Crippen LogP contribution in [0.15, 0.2) is 59.5 Å². The Kier molecular flexibility index (Phi) is 5.24. The summed E-state index contributed by atoms with van der Waals surface area (Å²) >= 11 is 0. The van der Waals surface area contributed by atoms with E-state index in [1.807, 2.05) is 0 Å². The topological polar surface area (TPSA) is 138 Å². The Labute approximate surface area is 156 Å². The molecule has 0 saturated heterocycles. The van der Waals surface area contributed by atoms with Gasteiger partial charge < -0.3 is 10.4 Å². The van der Waals surface area contributed by atoms with E-state index in [1.165, 1.54) is 12.1 Å². The van der Waals surface area contributed by atoms with Gasteiger partial charge in [-0.05, 0) is 42.3 Å². The van der Waals surface area contributed by atoms with Crippen molar-refractivity contribution in [2.45, 2.75) is 11.3 Å². The van der Waals surface area contributed by atoms with E-state index in [2.05, 4.69) is 15.5 Å². The van der Waals surface area contributed by atoms with Crippen molar-refractivity contribution in [1.29, 1.82) is 0 Å². The molecule has 8 nitrogen and oxygen atoms in total. The van der Waals surface area contributed by atoms with Crippen LogP contribution in [0.3, 0.4) is 0 Å². The molecule has 0 bridgehead atoms. The monoisotopic (exact) mass is 386 g/mol. The second-order valence-corrected chi connectivity index (χ2v) is 7.44. The van der Waals surface area contributed by atoms with Gasteiger partial charge in [0, 0.05) is 12.1 Å². The molecule has 140 valence electrons. The van der Waals surface area contributed by atoms with Gasteiger partial charge >= 0.3 is 0 Å². The molecular formula is C18H18N4O4S. The minimum absolute atomic E-state index is 0.0458. The molecule has 3 aromatic rings. The van der Waals surface area contributed by atoms with E-state index in [0.29, 0.717) is 24.2 Å². The zero-order valence-corrected chi connectivity index (χ0v) is 15.0. The summed E-state index contributed by atoms with van der Waals surface area (Å²) in [6, 6.07) is 14.4. The number of benzene rings is 2. The molecule has 0 spiro atoms.